The Morgan fingerprint density at radius 3 is 2.18 bits per heavy atom. The molecule has 3 heteroatoms. The van der Waals surface area contributed by atoms with Crippen molar-refractivity contribution in [3.63, 3.8) is 0 Å². The third kappa shape index (κ3) is 8.58. The molecule has 0 aromatic rings. The van der Waals surface area contributed by atoms with Crippen LogP contribution >= 0.6 is 0 Å². The Morgan fingerprint density at radius 2 is 1.71 bits per heavy atom. The first kappa shape index (κ1) is 16.9. The molecule has 0 heterocycles. The summed E-state index contributed by atoms with van der Waals surface area (Å²) in [5, 5.41) is 3.68. The molecular formula is C14H33N3. The normalized spacial score (nSPS) is 15.5. The summed E-state index contributed by atoms with van der Waals surface area (Å²) in [5.41, 5.74) is 0. The number of rotatable bonds is 10. The molecule has 0 aliphatic heterocycles. The average Bonchev–Trinajstić information content (AvgIpc) is 2.30. The summed E-state index contributed by atoms with van der Waals surface area (Å²) in [6.45, 7) is 11.4. The molecule has 0 saturated heterocycles. The molecule has 3 nitrogen and oxygen atoms in total. The molecule has 0 fully saturated rings. The van der Waals surface area contributed by atoms with Crippen LogP contribution in [-0.2, 0) is 0 Å². The number of nitrogens with zero attached hydrogens (tertiary/aromatic N) is 2. The van der Waals surface area contributed by atoms with Gasteiger partial charge in [-0.3, -0.25) is 0 Å². The van der Waals surface area contributed by atoms with Crippen LogP contribution in [0.25, 0.3) is 0 Å². The van der Waals surface area contributed by atoms with Crippen LogP contribution < -0.4 is 5.32 Å². The SMILES string of the molecule is CCCNC(CN(C)CCN(C)C)C(C)CC. The lowest BCUT2D eigenvalue weighted by atomic mass is 9.98. The van der Waals surface area contributed by atoms with Crippen molar-refractivity contribution in [1.82, 2.24) is 15.1 Å². The van der Waals surface area contributed by atoms with Crippen LogP contribution in [0.4, 0.5) is 0 Å². The van der Waals surface area contributed by atoms with Crippen molar-refractivity contribution in [3.05, 3.63) is 0 Å². The first-order valence-electron chi connectivity index (χ1n) is 7.07. The Labute approximate surface area is 109 Å². The van der Waals surface area contributed by atoms with Crippen LogP contribution in [0.3, 0.4) is 0 Å². The van der Waals surface area contributed by atoms with Crippen LogP contribution in [0, 0.1) is 5.92 Å². The highest BCUT2D eigenvalue weighted by atomic mass is 15.2. The van der Waals surface area contributed by atoms with Crippen LogP contribution in [0.1, 0.15) is 33.6 Å². The molecule has 0 radical (unpaired) electrons. The van der Waals surface area contributed by atoms with E-state index in [4.69, 9.17) is 0 Å². The Bertz CT molecular complexity index is 171. The molecule has 0 bridgehead atoms. The van der Waals surface area contributed by atoms with Gasteiger partial charge >= 0.3 is 0 Å². The highest BCUT2D eigenvalue weighted by molar-refractivity contribution is 4.76. The van der Waals surface area contributed by atoms with E-state index in [2.05, 4.69) is 57.0 Å². The predicted molar refractivity (Wildman–Crippen MR) is 77.6 cm³/mol. The molecule has 104 valence electrons. The summed E-state index contributed by atoms with van der Waals surface area (Å²) < 4.78 is 0. The van der Waals surface area contributed by atoms with Gasteiger partial charge in [-0.15, -0.1) is 0 Å². The maximum atomic E-state index is 3.68. The van der Waals surface area contributed by atoms with Gasteiger partial charge in [0.25, 0.3) is 0 Å². The highest BCUT2D eigenvalue weighted by Crippen LogP contribution is 2.09. The van der Waals surface area contributed by atoms with Crippen molar-refractivity contribution >= 4 is 0 Å². The zero-order valence-electron chi connectivity index (χ0n) is 12.8. The van der Waals surface area contributed by atoms with Gasteiger partial charge in [-0.1, -0.05) is 27.2 Å². The molecular weight excluding hydrogens is 210 g/mol. The second-order valence-electron chi connectivity index (χ2n) is 5.51. The van der Waals surface area contributed by atoms with Gasteiger partial charge in [0.15, 0.2) is 0 Å². The monoisotopic (exact) mass is 243 g/mol. The zero-order valence-corrected chi connectivity index (χ0v) is 12.8. The lowest BCUT2D eigenvalue weighted by Crippen LogP contribution is -2.45. The third-order valence-corrected chi connectivity index (χ3v) is 3.42. The van der Waals surface area contributed by atoms with Crippen molar-refractivity contribution in [1.29, 1.82) is 0 Å². The standard InChI is InChI=1S/C14H33N3/c1-7-9-15-14(13(3)8-2)12-17(6)11-10-16(4)5/h13-15H,7-12H2,1-6H3. The minimum atomic E-state index is 0.632. The Hall–Kier alpha value is -0.120. The molecule has 0 rings (SSSR count). The van der Waals surface area contributed by atoms with Crippen molar-refractivity contribution in [3.8, 4) is 0 Å². The average molecular weight is 243 g/mol. The smallest absolute Gasteiger partial charge is 0.0220 e. The van der Waals surface area contributed by atoms with Crippen molar-refractivity contribution in [2.45, 2.75) is 39.7 Å². The molecule has 0 saturated carbocycles. The maximum Gasteiger partial charge on any atom is 0.0220 e. The van der Waals surface area contributed by atoms with Gasteiger partial charge < -0.3 is 15.1 Å². The summed E-state index contributed by atoms with van der Waals surface area (Å²) in [5.74, 6) is 0.753. The second-order valence-corrected chi connectivity index (χ2v) is 5.51. The Kier molecular flexibility index (Phi) is 9.79. The fraction of sp³-hybridized carbons (Fsp3) is 1.00. The van der Waals surface area contributed by atoms with Crippen molar-refractivity contribution < 1.29 is 0 Å². The Morgan fingerprint density at radius 1 is 1.06 bits per heavy atom. The van der Waals surface area contributed by atoms with E-state index in [9.17, 15) is 0 Å². The van der Waals surface area contributed by atoms with E-state index in [1.54, 1.807) is 0 Å². The number of hydrogen-bond donors (Lipinski definition) is 1. The minimum Gasteiger partial charge on any atom is -0.312 e. The molecule has 0 spiro atoms. The van der Waals surface area contributed by atoms with Crippen molar-refractivity contribution in [2.75, 3.05) is 47.3 Å². The number of hydrogen-bond acceptors (Lipinski definition) is 3. The molecule has 2 atom stereocenters. The van der Waals surface area contributed by atoms with E-state index in [1.807, 2.05) is 0 Å². The number of nitrogens with one attached hydrogen (secondary N) is 1. The van der Waals surface area contributed by atoms with Gasteiger partial charge in [0.05, 0.1) is 0 Å². The fourth-order valence-electron chi connectivity index (χ4n) is 1.86. The zero-order chi connectivity index (χ0) is 13.3. The summed E-state index contributed by atoms with van der Waals surface area (Å²) in [4.78, 5) is 4.69. The largest absolute Gasteiger partial charge is 0.312 e. The predicted octanol–water partition coefficient (Wildman–Crippen LogP) is 1.89. The van der Waals surface area contributed by atoms with E-state index in [0.717, 1.165) is 32.1 Å². The highest BCUT2D eigenvalue weighted by Gasteiger charge is 2.16. The molecule has 17 heavy (non-hydrogen) atoms. The third-order valence-electron chi connectivity index (χ3n) is 3.42. The maximum absolute atomic E-state index is 3.68. The van der Waals surface area contributed by atoms with Crippen molar-refractivity contribution in [2.24, 2.45) is 5.92 Å². The van der Waals surface area contributed by atoms with Gasteiger partial charge in [-0.25, -0.2) is 0 Å². The molecule has 0 aliphatic rings. The first-order valence-corrected chi connectivity index (χ1v) is 7.07. The molecule has 1 N–H and O–H groups in total. The van der Waals surface area contributed by atoms with E-state index in [0.29, 0.717) is 6.04 Å². The van der Waals surface area contributed by atoms with E-state index in [1.165, 1.54) is 12.8 Å². The Balaban J connectivity index is 4.03. The van der Waals surface area contributed by atoms with Gasteiger partial charge in [0, 0.05) is 25.7 Å². The minimum absolute atomic E-state index is 0.632. The number of likely N-dealkylation sites (N-methyl/N-ethyl adjacent to an activating group) is 2. The lowest BCUT2D eigenvalue weighted by Gasteiger charge is -2.29. The molecule has 0 amide bonds. The van der Waals surface area contributed by atoms with E-state index in [-0.39, 0.29) is 0 Å². The summed E-state index contributed by atoms with van der Waals surface area (Å²) in [6.07, 6.45) is 2.47. The molecule has 0 aliphatic carbocycles. The summed E-state index contributed by atoms with van der Waals surface area (Å²) in [6, 6.07) is 0.632. The van der Waals surface area contributed by atoms with E-state index < -0.39 is 0 Å². The molecule has 0 aromatic carbocycles. The van der Waals surface area contributed by atoms with Gasteiger partial charge in [-0.2, -0.15) is 0 Å². The second kappa shape index (κ2) is 9.86. The summed E-state index contributed by atoms with van der Waals surface area (Å²) in [7, 11) is 6.50. The van der Waals surface area contributed by atoms with Crippen LogP contribution in [0.2, 0.25) is 0 Å². The quantitative estimate of drug-likeness (QED) is 0.632. The van der Waals surface area contributed by atoms with Gasteiger partial charge in [0.1, 0.15) is 0 Å². The fourth-order valence-corrected chi connectivity index (χ4v) is 1.86. The van der Waals surface area contributed by atoms with Crippen LogP contribution in [0.5, 0.6) is 0 Å². The van der Waals surface area contributed by atoms with Gasteiger partial charge in [0.2, 0.25) is 0 Å². The molecule has 0 aromatic heterocycles. The first-order chi connectivity index (χ1) is 8.01. The summed E-state index contributed by atoms with van der Waals surface area (Å²) >= 11 is 0. The molecule has 2 unspecified atom stereocenters. The van der Waals surface area contributed by atoms with E-state index >= 15 is 0 Å². The topological polar surface area (TPSA) is 18.5 Å². The van der Waals surface area contributed by atoms with Crippen LogP contribution in [0.15, 0.2) is 0 Å². The van der Waals surface area contributed by atoms with Gasteiger partial charge in [-0.05, 0) is 40.0 Å². The lowest BCUT2D eigenvalue weighted by molar-refractivity contribution is 0.225. The van der Waals surface area contributed by atoms with Crippen LogP contribution in [-0.4, -0.2) is 63.2 Å².